The maximum atomic E-state index is 13.4. The van der Waals surface area contributed by atoms with Gasteiger partial charge in [0.05, 0.1) is 16.9 Å². The zero-order valence-electron chi connectivity index (χ0n) is 12.1. The predicted octanol–water partition coefficient (Wildman–Crippen LogP) is 3.65. The standard InChI is InChI=1S/C15H21ClFN3/c1-3-7-19(4-2)8-9-20-14-10-12(17)5-6-13(14)18-15(20)11-16/h5-6,10H,3-4,7-9,11H2,1-2H3. The number of alkyl halides is 1. The van der Waals surface area contributed by atoms with E-state index in [0.29, 0.717) is 5.88 Å². The number of nitrogens with zero attached hydrogens (tertiary/aromatic N) is 3. The molecule has 1 heterocycles. The minimum atomic E-state index is -0.235. The zero-order valence-corrected chi connectivity index (χ0v) is 12.8. The fourth-order valence-corrected chi connectivity index (χ4v) is 2.69. The maximum Gasteiger partial charge on any atom is 0.125 e. The summed E-state index contributed by atoms with van der Waals surface area (Å²) in [5, 5.41) is 0. The van der Waals surface area contributed by atoms with Gasteiger partial charge in [0.2, 0.25) is 0 Å². The number of halogens is 2. The predicted molar refractivity (Wildman–Crippen MR) is 81.7 cm³/mol. The minimum Gasteiger partial charge on any atom is -0.326 e. The van der Waals surface area contributed by atoms with Crippen molar-refractivity contribution in [2.45, 2.75) is 32.7 Å². The number of benzene rings is 1. The van der Waals surface area contributed by atoms with Gasteiger partial charge in [-0.1, -0.05) is 13.8 Å². The van der Waals surface area contributed by atoms with Crippen LogP contribution in [-0.4, -0.2) is 34.1 Å². The van der Waals surface area contributed by atoms with Crippen LogP contribution < -0.4 is 0 Å². The number of hydrogen-bond acceptors (Lipinski definition) is 2. The third kappa shape index (κ3) is 3.30. The molecule has 0 fully saturated rings. The first kappa shape index (κ1) is 15.3. The molecule has 0 saturated heterocycles. The van der Waals surface area contributed by atoms with Crippen LogP contribution in [0, 0.1) is 5.82 Å². The van der Waals surface area contributed by atoms with Crippen LogP contribution in [0.1, 0.15) is 26.1 Å². The topological polar surface area (TPSA) is 21.1 Å². The first-order valence-corrected chi connectivity index (χ1v) is 7.66. The average molecular weight is 298 g/mol. The first-order valence-electron chi connectivity index (χ1n) is 7.12. The van der Waals surface area contributed by atoms with Crippen LogP contribution >= 0.6 is 11.6 Å². The van der Waals surface area contributed by atoms with Gasteiger partial charge in [-0.15, -0.1) is 11.6 Å². The molecule has 0 spiro atoms. The van der Waals surface area contributed by atoms with E-state index in [1.807, 2.05) is 4.57 Å². The van der Waals surface area contributed by atoms with Crippen molar-refractivity contribution in [3.05, 3.63) is 29.8 Å². The Labute approximate surface area is 124 Å². The molecule has 0 aliphatic carbocycles. The lowest BCUT2D eigenvalue weighted by molar-refractivity contribution is 0.277. The van der Waals surface area contributed by atoms with E-state index in [1.54, 1.807) is 6.07 Å². The van der Waals surface area contributed by atoms with Crippen LogP contribution in [-0.2, 0) is 12.4 Å². The summed E-state index contributed by atoms with van der Waals surface area (Å²) in [6.07, 6.45) is 1.13. The van der Waals surface area contributed by atoms with Crippen LogP contribution in [0.5, 0.6) is 0 Å². The quantitative estimate of drug-likeness (QED) is 0.728. The summed E-state index contributed by atoms with van der Waals surface area (Å²) in [6.45, 7) is 8.14. The molecule has 20 heavy (non-hydrogen) atoms. The molecule has 0 atom stereocenters. The van der Waals surface area contributed by atoms with Gasteiger partial charge in [0.25, 0.3) is 0 Å². The van der Waals surface area contributed by atoms with Crippen molar-refractivity contribution in [2.24, 2.45) is 0 Å². The van der Waals surface area contributed by atoms with Crippen LogP contribution in [0.3, 0.4) is 0 Å². The van der Waals surface area contributed by atoms with E-state index in [-0.39, 0.29) is 5.82 Å². The summed E-state index contributed by atoms with van der Waals surface area (Å²) in [5.74, 6) is 0.913. The summed E-state index contributed by atoms with van der Waals surface area (Å²) in [5.41, 5.74) is 1.63. The van der Waals surface area contributed by atoms with Crippen molar-refractivity contribution in [3.63, 3.8) is 0 Å². The second kappa shape index (κ2) is 7.04. The van der Waals surface area contributed by atoms with Gasteiger partial charge in [0, 0.05) is 13.1 Å². The summed E-state index contributed by atoms with van der Waals surface area (Å²) >= 11 is 5.96. The van der Waals surface area contributed by atoms with Gasteiger partial charge in [0.15, 0.2) is 0 Å². The lowest BCUT2D eigenvalue weighted by Gasteiger charge is -2.20. The molecule has 2 rings (SSSR count). The fourth-order valence-electron chi connectivity index (χ4n) is 2.48. The van der Waals surface area contributed by atoms with E-state index >= 15 is 0 Å². The van der Waals surface area contributed by atoms with Crippen molar-refractivity contribution < 1.29 is 4.39 Å². The summed E-state index contributed by atoms with van der Waals surface area (Å²) in [7, 11) is 0. The van der Waals surface area contributed by atoms with Gasteiger partial charge < -0.3 is 9.47 Å². The number of hydrogen-bond donors (Lipinski definition) is 0. The van der Waals surface area contributed by atoms with Gasteiger partial charge >= 0.3 is 0 Å². The molecule has 110 valence electrons. The van der Waals surface area contributed by atoms with Crippen LogP contribution in [0.15, 0.2) is 18.2 Å². The molecule has 3 nitrogen and oxygen atoms in total. The third-order valence-electron chi connectivity index (χ3n) is 3.54. The lowest BCUT2D eigenvalue weighted by Crippen LogP contribution is -2.28. The normalized spacial score (nSPS) is 11.7. The lowest BCUT2D eigenvalue weighted by atomic mass is 10.3. The molecule has 1 aromatic heterocycles. The number of likely N-dealkylation sites (N-methyl/N-ethyl adjacent to an activating group) is 1. The van der Waals surface area contributed by atoms with E-state index < -0.39 is 0 Å². The Hall–Kier alpha value is -1.13. The molecule has 0 aliphatic rings. The summed E-state index contributed by atoms with van der Waals surface area (Å²) in [4.78, 5) is 6.85. The molecule has 2 aromatic rings. The molecule has 0 aliphatic heterocycles. The highest BCUT2D eigenvalue weighted by atomic mass is 35.5. The van der Waals surface area contributed by atoms with Gasteiger partial charge in [-0.05, 0) is 37.7 Å². The van der Waals surface area contributed by atoms with Crippen LogP contribution in [0.2, 0.25) is 0 Å². The summed E-state index contributed by atoms with van der Waals surface area (Å²) in [6, 6.07) is 4.68. The molecular formula is C15H21ClFN3. The van der Waals surface area contributed by atoms with E-state index in [4.69, 9.17) is 11.6 Å². The molecule has 0 unspecified atom stereocenters. The molecule has 0 bridgehead atoms. The monoisotopic (exact) mass is 297 g/mol. The van der Waals surface area contributed by atoms with Gasteiger partial charge in [-0.3, -0.25) is 0 Å². The van der Waals surface area contributed by atoms with Crippen molar-refractivity contribution in [1.29, 1.82) is 0 Å². The molecule has 0 N–H and O–H groups in total. The molecule has 0 radical (unpaired) electrons. The van der Waals surface area contributed by atoms with E-state index in [9.17, 15) is 4.39 Å². The number of rotatable bonds is 7. The molecule has 0 saturated carbocycles. The molecular weight excluding hydrogens is 277 g/mol. The van der Waals surface area contributed by atoms with Crippen molar-refractivity contribution in [2.75, 3.05) is 19.6 Å². The van der Waals surface area contributed by atoms with Crippen molar-refractivity contribution >= 4 is 22.6 Å². The van der Waals surface area contributed by atoms with Crippen molar-refractivity contribution in [1.82, 2.24) is 14.5 Å². The van der Waals surface area contributed by atoms with E-state index in [0.717, 1.165) is 49.5 Å². The Bertz CT molecular complexity index is 567. The number of fused-ring (bicyclic) bond motifs is 1. The molecule has 1 aromatic carbocycles. The molecule has 5 heteroatoms. The van der Waals surface area contributed by atoms with Gasteiger partial charge in [-0.2, -0.15) is 0 Å². The fraction of sp³-hybridized carbons (Fsp3) is 0.533. The van der Waals surface area contributed by atoms with Crippen LogP contribution in [0.4, 0.5) is 4.39 Å². The Morgan fingerprint density at radius 2 is 2.10 bits per heavy atom. The SMILES string of the molecule is CCCN(CC)CCn1c(CCl)nc2ccc(F)cc21. The maximum absolute atomic E-state index is 13.4. The third-order valence-corrected chi connectivity index (χ3v) is 3.77. The van der Waals surface area contributed by atoms with Crippen molar-refractivity contribution in [3.8, 4) is 0 Å². The Morgan fingerprint density at radius 1 is 1.30 bits per heavy atom. The Kier molecular flexibility index (Phi) is 5.38. The zero-order chi connectivity index (χ0) is 14.5. The number of aromatic nitrogens is 2. The number of imidazole rings is 1. The minimum absolute atomic E-state index is 0.235. The Morgan fingerprint density at radius 3 is 2.75 bits per heavy atom. The van der Waals surface area contributed by atoms with E-state index in [2.05, 4.69) is 23.7 Å². The highest BCUT2D eigenvalue weighted by Crippen LogP contribution is 2.19. The van der Waals surface area contributed by atoms with E-state index in [1.165, 1.54) is 12.1 Å². The first-order chi connectivity index (χ1) is 9.69. The average Bonchev–Trinajstić information content (AvgIpc) is 2.80. The second-order valence-corrected chi connectivity index (χ2v) is 5.15. The molecule has 0 amide bonds. The van der Waals surface area contributed by atoms with Crippen LogP contribution in [0.25, 0.3) is 11.0 Å². The highest BCUT2D eigenvalue weighted by molar-refractivity contribution is 6.16. The smallest absolute Gasteiger partial charge is 0.125 e. The second-order valence-electron chi connectivity index (χ2n) is 4.88. The summed E-state index contributed by atoms with van der Waals surface area (Å²) < 4.78 is 15.5. The Balaban J connectivity index is 2.25. The largest absolute Gasteiger partial charge is 0.326 e. The highest BCUT2D eigenvalue weighted by Gasteiger charge is 2.11. The van der Waals surface area contributed by atoms with Gasteiger partial charge in [-0.25, -0.2) is 9.37 Å². The van der Waals surface area contributed by atoms with Gasteiger partial charge in [0.1, 0.15) is 11.6 Å².